The molecule has 0 fully saturated rings. The highest BCUT2D eigenvalue weighted by Gasteiger charge is 2.25. The Morgan fingerprint density at radius 3 is 2.14 bits per heavy atom. The molecule has 2 unspecified atom stereocenters. The van der Waals surface area contributed by atoms with Crippen LogP contribution in [-0.2, 0) is 0 Å². The first-order valence-corrected chi connectivity index (χ1v) is 8.40. The fourth-order valence-corrected chi connectivity index (χ4v) is 2.94. The number of benzene rings is 1. The van der Waals surface area contributed by atoms with Gasteiger partial charge in [-0.3, -0.25) is 0 Å². The fourth-order valence-electron chi connectivity index (χ4n) is 2.37. The molecule has 0 radical (unpaired) electrons. The van der Waals surface area contributed by atoms with Crippen LogP contribution in [0, 0.1) is 11.8 Å². The van der Waals surface area contributed by atoms with Crippen molar-refractivity contribution < 1.29 is 9.47 Å². The molecule has 0 aromatic heterocycles. The average molecular weight is 358 g/mol. The van der Waals surface area contributed by atoms with Crippen LogP contribution in [0.15, 0.2) is 16.6 Å². The lowest BCUT2D eigenvalue weighted by Crippen LogP contribution is -2.30. The van der Waals surface area contributed by atoms with E-state index in [4.69, 9.17) is 9.47 Å². The summed E-state index contributed by atoms with van der Waals surface area (Å²) >= 11 is 3.69. The minimum absolute atomic E-state index is 0.291. The van der Waals surface area contributed by atoms with E-state index in [-0.39, 0.29) is 0 Å². The van der Waals surface area contributed by atoms with Gasteiger partial charge in [0.25, 0.3) is 0 Å². The van der Waals surface area contributed by atoms with Gasteiger partial charge in [0.1, 0.15) is 0 Å². The Balaban J connectivity index is 3.22. The van der Waals surface area contributed by atoms with Gasteiger partial charge >= 0.3 is 0 Å². The van der Waals surface area contributed by atoms with E-state index in [1.54, 1.807) is 14.2 Å². The predicted molar refractivity (Wildman–Crippen MR) is 92.3 cm³/mol. The topological polar surface area (TPSA) is 30.5 Å². The van der Waals surface area contributed by atoms with Gasteiger partial charge in [0, 0.05) is 10.5 Å². The number of hydrogen-bond acceptors (Lipinski definition) is 3. The lowest BCUT2D eigenvalue weighted by atomic mass is 9.86. The molecule has 1 rings (SSSR count). The molecule has 0 aliphatic carbocycles. The van der Waals surface area contributed by atoms with Crippen LogP contribution in [0.3, 0.4) is 0 Å². The SMILES string of the molecule is CCCNC(c1cc(OC)c(OC)cc1Br)C(C)C(C)C. The van der Waals surface area contributed by atoms with E-state index in [0.717, 1.165) is 28.9 Å². The highest BCUT2D eigenvalue weighted by molar-refractivity contribution is 9.10. The van der Waals surface area contributed by atoms with Crippen LogP contribution < -0.4 is 14.8 Å². The lowest BCUT2D eigenvalue weighted by molar-refractivity contribution is 0.300. The van der Waals surface area contributed by atoms with Gasteiger partial charge in [-0.05, 0) is 42.5 Å². The van der Waals surface area contributed by atoms with E-state index in [1.165, 1.54) is 5.56 Å². The van der Waals surface area contributed by atoms with E-state index in [1.807, 2.05) is 6.07 Å². The molecule has 1 aromatic carbocycles. The van der Waals surface area contributed by atoms with Crippen LogP contribution in [-0.4, -0.2) is 20.8 Å². The molecule has 21 heavy (non-hydrogen) atoms. The summed E-state index contributed by atoms with van der Waals surface area (Å²) in [5.74, 6) is 2.64. The first-order valence-electron chi connectivity index (χ1n) is 7.61. The summed E-state index contributed by atoms with van der Waals surface area (Å²) in [5.41, 5.74) is 1.22. The Hall–Kier alpha value is -0.740. The zero-order valence-electron chi connectivity index (χ0n) is 14.0. The van der Waals surface area contributed by atoms with Gasteiger partial charge in [-0.1, -0.05) is 43.6 Å². The van der Waals surface area contributed by atoms with E-state index >= 15 is 0 Å². The summed E-state index contributed by atoms with van der Waals surface area (Å²) in [7, 11) is 3.34. The monoisotopic (exact) mass is 357 g/mol. The molecule has 4 heteroatoms. The first-order chi connectivity index (χ1) is 9.96. The number of nitrogens with one attached hydrogen (secondary N) is 1. The normalized spacial score (nSPS) is 14.1. The maximum atomic E-state index is 5.45. The molecule has 0 amide bonds. The van der Waals surface area contributed by atoms with Crippen LogP contribution in [0.4, 0.5) is 0 Å². The number of ether oxygens (including phenoxy) is 2. The third-order valence-corrected chi connectivity index (χ3v) is 4.72. The van der Waals surface area contributed by atoms with Crippen molar-refractivity contribution >= 4 is 15.9 Å². The van der Waals surface area contributed by atoms with E-state index in [9.17, 15) is 0 Å². The van der Waals surface area contributed by atoms with Crippen LogP contribution in [0.1, 0.15) is 45.7 Å². The van der Waals surface area contributed by atoms with Crippen LogP contribution in [0.5, 0.6) is 11.5 Å². The van der Waals surface area contributed by atoms with Gasteiger partial charge < -0.3 is 14.8 Å². The van der Waals surface area contributed by atoms with Gasteiger partial charge in [0.15, 0.2) is 11.5 Å². The van der Waals surface area contributed by atoms with Crippen LogP contribution in [0.2, 0.25) is 0 Å². The Morgan fingerprint density at radius 2 is 1.67 bits per heavy atom. The molecule has 0 bridgehead atoms. The molecule has 0 spiro atoms. The van der Waals surface area contributed by atoms with Crippen LogP contribution in [0.25, 0.3) is 0 Å². The lowest BCUT2D eigenvalue weighted by Gasteiger charge is -2.30. The average Bonchev–Trinajstić information content (AvgIpc) is 2.47. The Labute approximate surface area is 137 Å². The summed E-state index contributed by atoms with van der Waals surface area (Å²) < 4.78 is 11.9. The van der Waals surface area contributed by atoms with E-state index in [2.05, 4.69) is 55.0 Å². The second-order valence-electron chi connectivity index (χ2n) is 5.76. The van der Waals surface area contributed by atoms with Crippen molar-refractivity contribution in [1.29, 1.82) is 0 Å². The van der Waals surface area contributed by atoms with Crippen molar-refractivity contribution in [2.45, 2.75) is 40.2 Å². The Morgan fingerprint density at radius 1 is 1.10 bits per heavy atom. The quantitative estimate of drug-likeness (QED) is 0.724. The molecular formula is C17H28BrNO2. The predicted octanol–water partition coefficient (Wildman–Crippen LogP) is 4.80. The standard InChI is InChI=1S/C17H28BrNO2/c1-7-8-19-17(12(4)11(2)3)13-9-15(20-5)16(21-6)10-14(13)18/h9-12,17,19H,7-8H2,1-6H3. The van der Waals surface area contributed by atoms with Gasteiger partial charge in [0.2, 0.25) is 0 Å². The molecule has 0 saturated heterocycles. The number of methoxy groups -OCH3 is 2. The van der Waals surface area contributed by atoms with Crippen molar-refractivity contribution in [3.8, 4) is 11.5 Å². The molecule has 120 valence electrons. The highest BCUT2D eigenvalue weighted by Crippen LogP contribution is 2.39. The van der Waals surface area contributed by atoms with Crippen molar-refractivity contribution in [1.82, 2.24) is 5.32 Å². The number of halogens is 1. The molecule has 1 aromatic rings. The number of hydrogen-bond donors (Lipinski definition) is 1. The first kappa shape index (κ1) is 18.3. The maximum absolute atomic E-state index is 5.45. The molecule has 1 N–H and O–H groups in total. The summed E-state index contributed by atoms with van der Waals surface area (Å²) in [4.78, 5) is 0. The van der Waals surface area contributed by atoms with Gasteiger partial charge in [-0.15, -0.1) is 0 Å². The molecule has 3 nitrogen and oxygen atoms in total. The smallest absolute Gasteiger partial charge is 0.161 e. The molecule has 2 atom stereocenters. The second-order valence-corrected chi connectivity index (χ2v) is 6.62. The molecular weight excluding hydrogens is 330 g/mol. The fraction of sp³-hybridized carbons (Fsp3) is 0.647. The van der Waals surface area contributed by atoms with Gasteiger partial charge in [0.05, 0.1) is 14.2 Å². The minimum atomic E-state index is 0.291. The zero-order chi connectivity index (χ0) is 16.0. The zero-order valence-corrected chi connectivity index (χ0v) is 15.6. The van der Waals surface area contributed by atoms with Crippen molar-refractivity contribution in [2.75, 3.05) is 20.8 Å². The Bertz CT molecular complexity index is 449. The summed E-state index contributed by atoms with van der Waals surface area (Å²) in [6, 6.07) is 4.36. The van der Waals surface area contributed by atoms with Crippen molar-refractivity contribution in [3.63, 3.8) is 0 Å². The van der Waals surface area contributed by atoms with E-state index < -0.39 is 0 Å². The van der Waals surface area contributed by atoms with Crippen LogP contribution >= 0.6 is 15.9 Å². The van der Waals surface area contributed by atoms with Gasteiger partial charge in [-0.2, -0.15) is 0 Å². The second kappa shape index (κ2) is 8.64. The molecule has 0 aliphatic heterocycles. The summed E-state index contributed by atoms with van der Waals surface area (Å²) in [6.45, 7) is 10.0. The van der Waals surface area contributed by atoms with Gasteiger partial charge in [-0.25, -0.2) is 0 Å². The third kappa shape index (κ3) is 4.62. The highest BCUT2D eigenvalue weighted by atomic mass is 79.9. The van der Waals surface area contributed by atoms with Crippen molar-refractivity contribution in [2.24, 2.45) is 11.8 Å². The van der Waals surface area contributed by atoms with Crippen molar-refractivity contribution in [3.05, 3.63) is 22.2 Å². The minimum Gasteiger partial charge on any atom is -0.493 e. The maximum Gasteiger partial charge on any atom is 0.161 e. The molecule has 0 heterocycles. The number of rotatable bonds is 8. The summed E-state index contributed by atoms with van der Waals surface area (Å²) in [6.07, 6.45) is 1.12. The third-order valence-electron chi connectivity index (χ3n) is 4.03. The largest absolute Gasteiger partial charge is 0.493 e. The molecule has 0 aliphatic rings. The molecule has 0 saturated carbocycles. The Kier molecular flexibility index (Phi) is 7.53. The summed E-state index contributed by atoms with van der Waals surface area (Å²) in [5, 5.41) is 3.67. The van der Waals surface area contributed by atoms with E-state index in [0.29, 0.717) is 17.9 Å².